The highest BCUT2D eigenvalue weighted by Gasteiger charge is 2.37. The Balaban J connectivity index is 1.84. The van der Waals surface area contributed by atoms with Gasteiger partial charge in [-0.3, -0.25) is 4.79 Å². The van der Waals surface area contributed by atoms with E-state index in [9.17, 15) is 18.0 Å². The van der Waals surface area contributed by atoms with Crippen molar-refractivity contribution in [1.29, 1.82) is 0 Å². The third-order valence-electron chi connectivity index (χ3n) is 3.94. The maximum Gasteiger partial charge on any atom is 0.417 e. The van der Waals surface area contributed by atoms with Gasteiger partial charge in [-0.1, -0.05) is 18.2 Å². The van der Waals surface area contributed by atoms with Crippen LogP contribution >= 0.6 is 0 Å². The van der Waals surface area contributed by atoms with Gasteiger partial charge in [0.15, 0.2) is 0 Å². The first kappa shape index (κ1) is 17.2. The number of halogens is 3. The van der Waals surface area contributed by atoms with Gasteiger partial charge in [0.2, 0.25) is 0 Å². The molecule has 1 atom stereocenters. The number of aromatic nitrogens is 1. The lowest BCUT2D eigenvalue weighted by atomic mass is 10.0. The summed E-state index contributed by atoms with van der Waals surface area (Å²) in [6.07, 6.45) is -5.12. The molecule has 0 saturated carbocycles. The van der Waals surface area contributed by atoms with Gasteiger partial charge in [-0.05, 0) is 24.3 Å². The number of nitrogens with zero attached hydrogens (tertiary/aromatic N) is 2. The predicted molar refractivity (Wildman–Crippen MR) is 84.7 cm³/mol. The van der Waals surface area contributed by atoms with Crippen molar-refractivity contribution in [2.45, 2.75) is 12.3 Å². The highest BCUT2D eigenvalue weighted by atomic mass is 19.4. The quantitative estimate of drug-likeness (QED) is 0.903. The van der Waals surface area contributed by atoms with E-state index >= 15 is 0 Å². The van der Waals surface area contributed by atoms with E-state index < -0.39 is 23.8 Å². The van der Waals surface area contributed by atoms with Crippen LogP contribution in [-0.4, -0.2) is 35.5 Å². The summed E-state index contributed by atoms with van der Waals surface area (Å²) in [5.41, 5.74) is 4.89. The lowest BCUT2D eigenvalue weighted by molar-refractivity contribution is -0.138. The number of nitrogen functional groups attached to an aromatic ring is 1. The van der Waals surface area contributed by atoms with Crippen LogP contribution in [0.15, 0.2) is 42.5 Å². The number of nitrogens with two attached hydrogens (primary N) is 1. The Hall–Kier alpha value is -2.61. The minimum absolute atomic E-state index is 0.113. The molecule has 1 aromatic carbocycles. The summed E-state index contributed by atoms with van der Waals surface area (Å²) in [5.74, 6) is -0.364. The number of hydrogen-bond acceptors (Lipinski definition) is 4. The van der Waals surface area contributed by atoms with Gasteiger partial charge in [0, 0.05) is 6.54 Å². The van der Waals surface area contributed by atoms with Crippen molar-refractivity contribution in [2.24, 2.45) is 0 Å². The molecule has 1 aromatic heterocycles. The maximum atomic E-state index is 13.1. The Morgan fingerprint density at radius 1 is 1.20 bits per heavy atom. The van der Waals surface area contributed by atoms with Gasteiger partial charge in [0.05, 0.1) is 30.0 Å². The highest BCUT2D eigenvalue weighted by molar-refractivity contribution is 5.96. The van der Waals surface area contributed by atoms with Gasteiger partial charge in [-0.25, -0.2) is 4.98 Å². The lowest BCUT2D eigenvalue weighted by Gasteiger charge is -2.33. The molecule has 1 fully saturated rings. The molecule has 0 bridgehead atoms. The van der Waals surface area contributed by atoms with Crippen LogP contribution < -0.4 is 5.73 Å². The van der Waals surface area contributed by atoms with E-state index in [4.69, 9.17) is 10.5 Å². The minimum atomic E-state index is -4.59. The van der Waals surface area contributed by atoms with E-state index in [2.05, 4.69) is 4.98 Å². The molecule has 0 aliphatic carbocycles. The molecule has 1 amide bonds. The van der Waals surface area contributed by atoms with Crippen molar-refractivity contribution < 1.29 is 22.7 Å². The number of amides is 1. The number of carbonyl (C=O) groups is 1. The zero-order valence-electron chi connectivity index (χ0n) is 13.2. The Labute approximate surface area is 142 Å². The largest absolute Gasteiger partial charge is 0.417 e. The number of anilines is 1. The number of carbonyl (C=O) groups excluding carboxylic acids is 1. The van der Waals surface area contributed by atoms with Gasteiger partial charge >= 0.3 is 6.18 Å². The normalized spacial score (nSPS) is 18.2. The number of benzene rings is 1. The smallest absolute Gasteiger partial charge is 0.384 e. The Kier molecular flexibility index (Phi) is 4.63. The number of rotatable bonds is 2. The number of pyridine rings is 1. The van der Waals surface area contributed by atoms with Crippen molar-refractivity contribution in [3.63, 3.8) is 0 Å². The van der Waals surface area contributed by atoms with Crippen molar-refractivity contribution >= 4 is 11.7 Å². The molecule has 2 aromatic rings. The molecule has 2 N–H and O–H groups in total. The summed E-state index contributed by atoms with van der Waals surface area (Å²) in [4.78, 5) is 18.1. The first-order valence-electron chi connectivity index (χ1n) is 7.66. The lowest BCUT2D eigenvalue weighted by Crippen LogP contribution is -2.43. The third kappa shape index (κ3) is 3.74. The van der Waals surface area contributed by atoms with Gasteiger partial charge in [-0.2, -0.15) is 13.2 Å². The fraction of sp³-hybridized carbons (Fsp3) is 0.294. The van der Waals surface area contributed by atoms with E-state index in [1.54, 1.807) is 18.2 Å². The van der Waals surface area contributed by atoms with Crippen molar-refractivity contribution in [2.75, 3.05) is 25.4 Å². The fourth-order valence-electron chi connectivity index (χ4n) is 2.75. The van der Waals surface area contributed by atoms with Crippen LogP contribution in [0.2, 0.25) is 0 Å². The molecular formula is C17H16F3N3O2. The summed E-state index contributed by atoms with van der Waals surface area (Å²) < 4.78 is 45.0. The summed E-state index contributed by atoms with van der Waals surface area (Å²) in [6, 6.07) is 9.81. The summed E-state index contributed by atoms with van der Waals surface area (Å²) in [5, 5.41) is 0. The highest BCUT2D eigenvalue weighted by Crippen LogP contribution is 2.33. The van der Waals surface area contributed by atoms with Crippen LogP contribution in [0, 0.1) is 0 Å². The molecule has 0 unspecified atom stereocenters. The molecular weight excluding hydrogens is 335 g/mol. The second kappa shape index (κ2) is 6.72. The molecule has 0 spiro atoms. The van der Waals surface area contributed by atoms with Crippen molar-refractivity contribution in [3.8, 4) is 0 Å². The monoisotopic (exact) mass is 351 g/mol. The summed E-state index contributed by atoms with van der Waals surface area (Å²) in [7, 11) is 0. The molecule has 8 heteroatoms. The number of hydrogen-bond donors (Lipinski definition) is 1. The summed E-state index contributed by atoms with van der Waals surface area (Å²) >= 11 is 0. The Bertz CT molecular complexity index is 780. The number of alkyl halides is 3. The first-order chi connectivity index (χ1) is 11.9. The molecule has 1 aliphatic heterocycles. The topological polar surface area (TPSA) is 68.5 Å². The second-order valence-corrected chi connectivity index (χ2v) is 5.64. The van der Waals surface area contributed by atoms with Crippen LogP contribution in [0.1, 0.15) is 27.7 Å². The predicted octanol–water partition coefficient (Wildman–Crippen LogP) is 2.90. The molecule has 1 aliphatic rings. The molecule has 5 nitrogen and oxygen atoms in total. The van der Waals surface area contributed by atoms with Crippen LogP contribution in [0.4, 0.5) is 19.0 Å². The molecule has 2 heterocycles. The fourth-order valence-corrected chi connectivity index (χ4v) is 2.75. The van der Waals surface area contributed by atoms with Crippen molar-refractivity contribution in [1.82, 2.24) is 9.88 Å². The van der Waals surface area contributed by atoms with Crippen LogP contribution in [-0.2, 0) is 10.9 Å². The standard InChI is InChI=1S/C17H16F3N3O2/c18-17(19,20)12-5-2-1-4-11(12)16(24)23-8-9-25-14(10-23)13-6-3-7-15(21)22-13/h1-7,14H,8-10H2,(H2,21,22)/t14-/m1/s1. The molecule has 0 radical (unpaired) electrons. The minimum Gasteiger partial charge on any atom is -0.384 e. The van der Waals surface area contributed by atoms with E-state index in [1.807, 2.05) is 0 Å². The third-order valence-corrected chi connectivity index (χ3v) is 3.94. The number of ether oxygens (including phenoxy) is 1. The molecule has 132 valence electrons. The van der Waals surface area contributed by atoms with Gasteiger partial charge < -0.3 is 15.4 Å². The average molecular weight is 351 g/mol. The van der Waals surface area contributed by atoms with Crippen LogP contribution in [0.5, 0.6) is 0 Å². The van der Waals surface area contributed by atoms with E-state index in [-0.39, 0.29) is 25.3 Å². The zero-order chi connectivity index (χ0) is 18.0. The van der Waals surface area contributed by atoms with Crippen molar-refractivity contribution in [3.05, 3.63) is 59.3 Å². The first-order valence-corrected chi connectivity index (χ1v) is 7.66. The van der Waals surface area contributed by atoms with E-state index in [1.165, 1.54) is 23.1 Å². The van der Waals surface area contributed by atoms with E-state index in [0.29, 0.717) is 11.5 Å². The maximum absolute atomic E-state index is 13.1. The average Bonchev–Trinajstić information content (AvgIpc) is 2.60. The Morgan fingerprint density at radius 3 is 2.68 bits per heavy atom. The molecule has 3 rings (SSSR count). The van der Waals surface area contributed by atoms with E-state index in [0.717, 1.165) is 6.07 Å². The van der Waals surface area contributed by atoms with Gasteiger partial charge in [-0.15, -0.1) is 0 Å². The summed E-state index contributed by atoms with van der Waals surface area (Å²) in [6.45, 7) is 0.534. The molecule has 25 heavy (non-hydrogen) atoms. The zero-order valence-corrected chi connectivity index (χ0v) is 13.2. The van der Waals surface area contributed by atoms with Gasteiger partial charge in [0.1, 0.15) is 11.9 Å². The van der Waals surface area contributed by atoms with Gasteiger partial charge in [0.25, 0.3) is 5.91 Å². The van der Waals surface area contributed by atoms with Crippen LogP contribution in [0.3, 0.4) is 0 Å². The molecule has 1 saturated heterocycles. The SMILES string of the molecule is Nc1cccc([C@H]2CN(C(=O)c3ccccc3C(F)(F)F)CCO2)n1. The van der Waals surface area contributed by atoms with Crippen LogP contribution in [0.25, 0.3) is 0 Å². The number of morpholine rings is 1. The Morgan fingerprint density at radius 2 is 1.96 bits per heavy atom. The second-order valence-electron chi connectivity index (χ2n) is 5.64.